The Bertz CT molecular complexity index is 497. The van der Waals surface area contributed by atoms with Gasteiger partial charge >= 0.3 is 6.18 Å². The van der Waals surface area contributed by atoms with E-state index in [2.05, 4.69) is 0 Å². The third-order valence-electron chi connectivity index (χ3n) is 3.51. The number of hydrogen-bond donors (Lipinski definition) is 1. The monoisotopic (exact) mass is 293 g/mol. The van der Waals surface area contributed by atoms with Crippen molar-refractivity contribution in [3.05, 3.63) is 71.8 Å². The number of benzene rings is 2. The molecule has 1 unspecified atom stereocenters. The van der Waals surface area contributed by atoms with E-state index in [-0.39, 0.29) is 12.3 Å². The molecule has 2 aromatic carbocycles. The molecular weight excluding hydrogens is 275 g/mol. The molecule has 0 bridgehead atoms. The van der Waals surface area contributed by atoms with Crippen LogP contribution in [0.15, 0.2) is 60.7 Å². The molecule has 0 aromatic heterocycles. The van der Waals surface area contributed by atoms with Crippen LogP contribution in [0.1, 0.15) is 29.9 Å². The van der Waals surface area contributed by atoms with E-state index < -0.39 is 18.6 Å². The van der Waals surface area contributed by atoms with Gasteiger partial charge in [-0.25, -0.2) is 0 Å². The second kappa shape index (κ2) is 6.76. The SMILES string of the molecule is NC(CCC(F)(F)F)C(c1ccccc1)c1ccccc1. The first kappa shape index (κ1) is 15.6. The van der Waals surface area contributed by atoms with Crippen LogP contribution in [0.25, 0.3) is 0 Å². The third-order valence-corrected chi connectivity index (χ3v) is 3.51. The summed E-state index contributed by atoms with van der Waals surface area (Å²) in [4.78, 5) is 0. The van der Waals surface area contributed by atoms with Crippen LogP contribution in [-0.2, 0) is 0 Å². The maximum atomic E-state index is 12.4. The molecule has 2 aromatic rings. The molecule has 2 rings (SSSR count). The van der Waals surface area contributed by atoms with Crippen molar-refractivity contribution >= 4 is 0 Å². The van der Waals surface area contributed by atoms with Gasteiger partial charge in [-0.3, -0.25) is 0 Å². The highest BCUT2D eigenvalue weighted by Gasteiger charge is 2.30. The zero-order valence-electron chi connectivity index (χ0n) is 11.6. The average Bonchev–Trinajstić information content (AvgIpc) is 2.47. The Balaban J connectivity index is 2.25. The number of halogens is 3. The predicted octanol–water partition coefficient (Wildman–Crippen LogP) is 4.49. The minimum atomic E-state index is -4.17. The molecule has 1 atom stereocenters. The molecule has 2 N–H and O–H groups in total. The zero-order valence-corrected chi connectivity index (χ0v) is 11.6. The van der Waals surface area contributed by atoms with Gasteiger partial charge in [0, 0.05) is 18.4 Å². The average molecular weight is 293 g/mol. The number of nitrogens with two attached hydrogens (primary N) is 1. The molecule has 0 aliphatic carbocycles. The number of alkyl halides is 3. The highest BCUT2D eigenvalue weighted by molar-refractivity contribution is 5.34. The minimum Gasteiger partial charge on any atom is -0.327 e. The van der Waals surface area contributed by atoms with Gasteiger partial charge in [0.1, 0.15) is 0 Å². The lowest BCUT2D eigenvalue weighted by Crippen LogP contribution is -2.31. The van der Waals surface area contributed by atoms with E-state index in [0.717, 1.165) is 11.1 Å². The van der Waals surface area contributed by atoms with E-state index in [1.54, 1.807) is 0 Å². The van der Waals surface area contributed by atoms with Crippen molar-refractivity contribution in [1.82, 2.24) is 0 Å². The molecule has 1 nitrogen and oxygen atoms in total. The maximum absolute atomic E-state index is 12.4. The molecule has 0 heterocycles. The van der Waals surface area contributed by atoms with Crippen LogP contribution in [0, 0.1) is 0 Å². The smallest absolute Gasteiger partial charge is 0.327 e. The van der Waals surface area contributed by atoms with Crippen molar-refractivity contribution in [3.8, 4) is 0 Å². The van der Waals surface area contributed by atoms with Crippen molar-refractivity contribution in [2.24, 2.45) is 5.73 Å². The van der Waals surface area contributed by atoms with Crippen LogP contribution in [0.5, 0.6) is 0 Å². The van der Waals surface area contributed by atoms with Crippen molar-refractivity contribution in [2.75, 3.05) is 0 Å². The Morgan fingerprint density at radius 1 is 0.810 bits per heavy atom. The molecule has 4 heteroatoms. The molecule has 112 valence electrons. The van der Waals surface area contributed by atoms with Crippen molar-refractivity contribution in [1.29, 1.82) is 0 Å². The number of hydrogen-bond acceptors (Lipinski definition) is 1. The van der Waals surface area contributed by atoms with Gasteiger partial charge in [-0.2, -0.15) is 13.2 Å². The Morgan fingerprint density at radius 2 is 1.24 bits per heavy atom. The van der Waals surface area contributed by atoms with Gasteiger partial charge in [0.2, 0.25) is 0 Å². The van der Waals surface area contributed by atoms with E-state index in [4.69, 9.17) is 5.73 Å². The first-order valence-corrected chi connectivity index (χ1v) is 6.89. The number of rotatable bonds is 5. The molecule has 0 saturated carbocycles. The van der Waals surface area contributed by atoms with Gasteiger partial charge in [0.05, 0.1) is 0 Å². The first-order valence-electron chi connectivity index (χ1n) is 6.89. The Morgan fingerprint density at radius 3 is 1.62 bits per heavy atom. The fourth-order valence-electron chi connectivity index (χ4n) is 2.50. The first-order chi connectivity index (χ1) is 9.97. The van der Waals surface area contributed by atoms with Crippen molar-refractivity contribution in [3.63, 3.8) is 0 Å². The standard InChI is InChI=1S/C17H18F3N/c18-17(19,20)12-11-15(21)16(13-7-3-1-4-8-13)14-9-5-2-6-10-14/h1-10,15-16H,11-12,21H2. The van der Waals surface area contributed by atoms with E-state index in [0.29, 0.717) is 0 Å². The van der Waals surface area contributed by atoms with Crippen LogP contribution in [0.3, 0.4) is 0 Å². The van der Waals surface area contributed by atoms with Crippen molar-refractivity contribution < 1.29 is 13.2 Å². The second-order valence-electron chi connectivity index (χ2n) is 5.12. The molecule has 0 aliphatic rings. The van der Waals surface area contributed by atoms with Crippen LogP contribution in [0.4, 0.5) is 13.2 Å². The van der Waals surface area contributed by atoms with Crippen LogP contribution < -0.4 is 5.73 Å². The predicted molar refractivity (Wildman–Crippen MR) is 78.0 cm³/mol. The molecule has 0 saturated heterocycles. The summed E-state index contributed by atoms with van der Waals surface area (Å²) in [7, 11) is 0. The molecule has 0 radical (unpaired) electrons. The summed E-state index contributed by atoms with van der Waals surface area (Å²) in [5, 5.41) is 0. The van der Waals surface area contributed by atoms with Gasteiger partial charge < -0.3 is 5.73 Å². The molecule has 0 amide bonds. The summed E-state index contributed by atoms with van der Waals surface area (Å²) in [5.41, 5.74) is 7.98. The van der Waals surface area contributed by atoms with E-state index in [1.807, 2.05) is 60.7 Å². The molecular formula is C17H18F3N. The maximum Gasteiger partial charge on any atom is 0.389 e. The van der Waals surface area contributed by atoms with E-state index in [1.165, 1.54) is 0 Å². The molecule has 21 heavy (non-hydrogen) atoms. The highest BCUT2D eigenvalue weighted by atomic mass is 19.4. The van der Waals surface area contributed by atoms with E-state index >= 15 is 0 Å². The second-order valence-corrected chi connectivity index (χ2v) is 5.12. The molecule has 0 aliphatic heterocycles. The fourth-order valence-corrected chi connectivity index (χ4v) is 2.50. The molecule has 0 spiro atoms. The van der Waals surface area contributed by atoms with Gasteiger partial charge in [0.15, 0.2) is 0 Å². The van der Waals surface area contributed by atoms with Crippen LogP contribution in [-0.4, -0.2) is 12.2 Å². The molecule has 0 fully saturated rings. The Hall–Kier alpha value is -1.81. The Labute approximate surface area is 122 Å². The summed E-state index contributed by atoms with van der Waals surface area (Å²) in [6.45, 7) is 0. The van der Waals surface area contributed by atoms with E-state index in [9.17, 15) is 13.2 Å². The minimum absolute atomic E-state index is 0.0854. The lowest BCUT2D eigenvalue weighted by Gasteiger charge is -2.25. The van der Waals surface area contributed by atoms with Gasteiger partial charge in [0.25, 0.3) is 0 Å². The normalized spacial score (nSPS) is 13.4. The quantitative estimate of drug-likeness (QED) is 0.863. The van der Waals surface area contributed by atoms with Gasteiger partial charge in [-0.05, 0) is 17.5 Å². The summed E-state index contributed by atoms with van der Waals surface area (Å²) in [5.74, 6) is -0.227. The third kappa shape index (κ3) is 4.60. The van der Waals surface area contributed by atoms with Gasteiger partial charge in [-0.1, -0.05) is 60.7 Å². The lowest BCUT2D eigenvalue weighted by atomic mass is 9.83. The summed E-state index contributed by atoms with van der Waals surface area (Å²) in [6, 6.07) is 18.3. The Kier molecular flexibility index (Phi) is 5.02. The highest BCUT2D eigenvalue weighted by Crippen LogP contribution is 2.31. The fraction of sp³-hybridized carbons (Fsp3) is 0.294. The van der Waals surface area contributed by atoms with Crippen LogP contribution >= 0.6 is 0 Å². The van der Waals surface area contributed by atoms with Gasteiger partial charge in [-0.15, -0.1) is 0 Å². The van der Waals surface area contributed by atoms with Crippen LogP contribution in [0.2, 0.25) is 0 Å². The topological polar surface area (TPSA) is 26.0 Å². The van der Waals surface area contributed by atoms with Crippen molar-refractivity contribution in [2.45, 2.75) is 31.0 Å². The zero-order chi connectivity index (χ0) is 15.3. The largest absolute Gasteiger partial charge is 0.389 e. The summed E-state index contributed by atoms with van der Waals surface area (Å²) < 4.78 is 37.3. The summed E-state index contributed by atoms with van der Waals surface area (Å²) >= 11 is 0. The summed E-state index contributed by atoms with van der Waals surface area (Å²) in [6.07, 6.45) is -5.11. The lowest BCUT2D eigenvalue weighted by molar-refractivity contribution is -0.136.